The molecule has 3 aromatic rings. The van der Waals surface area contributed by atoms with Crippen molar-refractivity contribution in [2.75, 3.05) is 31.1 Å². The molecule has 0 unspecified atom stereocenters. The van der Waals surface area contributed by atoms with Crippen molar-refractivity contribution in [3.8, 4) is 0 Å². The summed E-state index contributed by atoms with van der Waals surface area (Å²) in [6, 6.07) is 14.4. The lowest BCUT2D eigenvalue weighted by molar-refractivity contribution is 0.588. The number of halogens is 2. The molecule has 0 amide bonds. The molecule has 2 aromatic carbocycles. The largest absolute Gasteiger partial charge is 0.368 e. The second kappa shape index (κ2) is 7.60. The van der Waals surface area contributed by atoms with Crippen LogP contribution in [0.4, 0.5) is 5.69 Å². The van der Waals surface area contributed by atoms with Gasteiger partial charge in [0.2, 0.25) is 0 Å². The molecule has 8 heteroatoms. The lowest BCUT2D eigenvalue weighted by Gasteiger charge is -2.30. The average Bonchev–Trinajstić information content (AvgIpc) is 3.08. The second-order valence-corrected chi connectivity index (χ2v) is 8.75. The SMILES string of the molecule is Cl.O=S(=O)(c1ccc(Br)cc1)n1ccc2c(N3CCNCC3)cccc21. The van der Waals surface area contributed by atoms with E-state index in [0.29, 0.717) is 5.52 Å². The molecule has 1 aliphatic rings. The molecule has 1 aliphatic heterocycles. The van der Waals surface area contributed by atoms with Gasteiger partial charge in [0.25, 0.3) is 10.0 Å². The first-order valence-electron chi connectivity index (χ1n) is 8.14. The molecule has 0 spiro atoms. The first-order valence-corrected chi connectivity index (χ1v) is 10.4. The number of benzene rings is 2. The van der Waals surface area contributed by atoms with E-state index in [2.05, 4.69) is 32.2 Å². The van der Waals surface area contributed by atoms with Crippen molar-refractivity contribution >= 4 is 55.0 Å². The standard InChI is InChI=1S/C18H18BrN3O2S.ClH/c19-14-4-6-15(7-5-14)25(23,24)22-11-8-16-17(2-1-3-18(16)22)21-12-9-20-10-13-21;/h1-8,11,20H,9-10,12-13H2;1H. The van der Waals surface area contributed by atoms with Crippen molar-refractivity contribution < 1.29 is 8.42 Å². The summed E-state index contributed by atoms with van der Waals surface area (Å²) in [5, 5.41) is 4.30. The van der Waals surface area contributed by atoms with E-state index in [1.54, 1.807) is 30.5 Å². The predicted octanol–water partition coefficient (Wildman–Crippen LogP) is 3.47. The third-order valence-electron chi connectivity index (χ3n) is 4.50. The van der Waals surface area contributed by atoms with Crippen LogP contribution in [0.1, 0.15) is 0 Å². The summed E-state index contributed by atoms with van der Waals surface area (Å²) in [7, 11) is -3.62. The summed E-state index contributed by atoms with van der Waals surface area (Å²) in [5.74, 6) is 0. The Kier molecular flexibility index (Phi) is 5.62. The Bertz CT molecular complexity index is 1010. The van der Waals surface area contributed by atoms with Crippen LogP contribution in [0.25, 0.3) is 10.9 Å². The van der Waals surface area contributed by atoms with Crippen molar-refractivity contribution in [1.82, 2.24) is 9.29 Å². The highest BCUT2D eigenvalue weighted by Crippen LogP contribution is 2.30. The summed E-state index contributed by atoms with van der Waals surface area (Å²) < 4.78 is 28.3. The molecule has 0 bridgehead atoms. The molecule has 1 aromatic heterocycles. The maximum atomic E-state index is 13.0. The van der Waals surface area contributed by atoms with Crippen LogP contribution in [0.15, 0.2) is 64.1 Å². The summed E-state index contributed by atoms with van der Waals surface area (Å²) in [5.41, 5.74) is 1.79. The van der Waals surface area contributed by atoms with Gasteiger partial charge in [-0.2, -0.15) is 0 Å². The Hall–Kier alpha value is -1.54. The predicted molar refractivity (Wildman–Crippen MR) is 111 cm³/mol. The Morgan fingerprint density at radius 3 is 2.35 bits per heavy atom. The normalized spacial score (nSPS) is 15.0. The summed E-state index contributed by atoms with van der Waals surface area (Å²) in [6.07, 6.45) is 1.65. The minimum Gasteiger partial charge on any atom is -0.368 e. The van der Waals surface area contributed by atoms with E-state index in [1.165, 1.54) is 3.97 Å². The highest BCUT2D eigenvalue weighted by Gasteiger charge is 2.21. The zero-order valence-electron chi connectivity index (χ0n) is 13.9. The molecule has 0 aliphatic carbocycles. The fourth-order valence-corrected chi connectivity index (χ4v) is 4.85. The highest BCUT2D eigenvalue weighted by molar-refractivity contribution is 9.10. The Labute approximate surface area is 167 Å². The maximum absolute atomic E-state index is 13.0. The van der Waals surface area contributed by atoms with Crippen molar-refractivity contribution in [2.45, 2.75) is 4.90 Å². The van der Waals surface area contributed by atoms with Gasteiger partial charge in [0.05, 0.1) is 10.4 Å². The number of fused-ring (bicyclic) bond motifs is 1. The first kappa shape index (κ1) is 19.2. The second-order valence-electron chi connectivity index (χ2n) is 6.02. The van der Waals surface area contributed by atoms with Crippen LogP contribution < -0.4 is 10.2 Å². The molecule has 4 rings (SSSR count). The van der Waals surface area contributed by atoms with Crippen LogP contribution in [-0.4, -0.2) is 38.6 Å². The molecule has 5 nitrogen and oxygen atoms in total. The van der Waals surface area contributed by atoms with Gasteiger partial charge in [-0.25, -0.2) is 12.4 Å². The summed E-state index contributed by atoms with van der Waals surface area (Å²) in [6.45, 7) is 3.72. The molecule has 1 saturated heterocycles. The first-order chi connectivity index (χ1) is 12.1. The minimum absolute atomic E-state index is 0. The number of hydrogen-bond acceptors (Lipinski definition) is 4. The van der Waals surface area contributed by atoms with E-state index in [0.717, 1.165) is 41.7 Å². The monoisotopic (exact) mass is 455 g/mol. The molecule has 0 radical (unpaired) electrons. The van der Waals surface area contributed by atoms with Crippen LogP contribution in [0.3, 0.4) is 0 Å². The summed E-state index contributed by atoms with van der Waals surface area (Å²) >= 11 is 3.34. The van der Waals surface area contributed by atoms with Gasteiger partial charge in [0.15, 0.2) is 0 Å². The Balaban J connectivity index is 0.00000196. The van der Waals surface area contributed by atoms with Gasteiger partial charge < -0.3 is 10.2 Å². The van der Waals surface area contributed by atoms with Gasteiger partial charge in [0, 0.05) is 47.9 Å². The number of anilines is 1. The molecular weight excluding hydrogens is 438 g/mol. The third-order valence-corrected chi connectivity index (χ3v) is 6.74. The van der Waals surface area contributed by atoms with Gasteiger partial charge in [-0.3, -0.25) is 0 Å². The van der Waals surface area contributed by atoms with E-state index in [-0.39, 0.29) is 17.3 Å². The molecule has 0 atom stereocenters. The lowest BCUT2D eigenvalue weighted by atomic mass is 10.2. The third kappa shape index (κ3) is 3.36. The van der Waals surface area contributed by atoms with Crippen LogP contribution in [0, 0.1) is 0 Å². The van der Waals surface area contributed by atoms with E-state index in [9.17, 15) is 8.42 Å². The van der Waals surface area contributed by atoms with Gasteiger partial charge in [-0.15, -0.1) is 12.4 Å². The molecule has 26 heavy (non-hydrogen) atoms. The fraction of sp³-hybridized carbons (Fsp3) is 0.222. The number of aromatic nitrogens is 1. The summed E-state index contributed by atoms with van der Waals surface area (Å²) in [4.78, 5) is 2.58. The van der Waals surface area contributed by atoms with Crippen LogP contribution in [0.5, 0.6) is 0 Å². The quantitative estimate of drug-likeness (QED) is 0.656. The molecule has 1 fully saturated rings. The van der Waals surface area contributed by atoms with Crippen molar-refractivity contribution in [3.05, 3.63) is 59.2 Å². The van der Waals surface area contributed by atoms with Crippen LogP contribution in [0.2, 0.25) is 0 Å². The molecule has 138 valence electrons. The van der Waals surface area contributed by atoms with Gasteiger partial charge in [0.1, 0.15) is 0 Å². The lowest BCUT2D eigenvalue weighted by Crippen LogP contribution is -2.43. The number of nitrogens with one attached hydrogen (secondary N) is 1. The smallest absolute Gasteiger partial charge is 0.268 e. The van der Waals surface area contributed by atoms with E-state index in [1.807, 2.05) is 18.2 Å². The number of rotatable bonds is 3. The average molecular weight is 457 g/mol. The van der Waals surface area contributed by atoms with E-state index < -0.39 is 10.0 Å². The number of nitrogens with zero attached hydrogens (tertiary/aromatic N) is 2. The zero-order valence-corrected chi connectivity index (χ0v) is 17.1. The molecule has 1 N–H and O–H groups in total. The van der Waals surface area contributed by atoms with Crippen LogP contribution >= 0.6 is 28.3 Å². The number of hydrogen-bond donors (Lipinski definition) is 1. The molecule has 0 saturated carbocycles. The maximum Gasteiger partial charge on any atom is 0.268 e. The van der Waals surface area contributed by atoms with Crippen molar-refractivity contribution in [1.29, 1.82) is 0 Å². The van der Waals surface area contributed by atoms with Crippen molar-refractivity contribution in [2.24, 2.45) is 0 Å². The van der Waals surface area contributed by atoms with Gasteiger partial charge in [-0.1, -0.05) is 22.0 Å². The molecular formula is C18H19BrClN3O2S. The Morgan fingerprint density at radius 1 is 0.962 bits per heavy atom. The van der Waals surface area contributed by atoms with E-state index >= 15 is 0 Å². The highest BCUT2D eigenvalue weighted by atomic mass is 79.9. The van der Waals surface area contributed by atoms with Gasteiger partial charge >= 0.3 is 0 Å². The fourth-order valence-electron chi connectivity index (χ4n) is 3.24. The minimum atomic E-state index is -3.62. The molecule has 2 heterocycles. The van der Waals surface area contributed by atoms with E-state index in [4.69, 9.17) is 0 Å². The van der Waals surface area contributed by atoms with Crippen molar-refractivity contribution in [3.63, 3.8) is 0 Å². The topological polar surface area (TPSA) is 54.3 Å². The van der Waals surface area contributed by atoms with Crippen LogP contribution in [-0.2, 0) is 10.0 Å². The zero-order chi connectivity index (χ0) is 17.4. The Morgan fingerprint density at radius 2 is 1.65 bits per heavy atom. The number of piperazine rings is 1. The van der Waals surface area contributed by atoms with Gasteiger partial charge in [-0.05, 0) is 42.5 Å².